The number of carbonyl (C=O) groups excluding carboxylic acids is 1. The molecule has 27 heavy (non-hydrogen) atoms. The Morgan fingerprint density at radius 3 is 2.67 bits per heavy atom. The van der Waals surface area contributed by atoms with Crippen LogP contribution < -0.4 is 19.7 Å². The molecule has 2 aromatic carbocycles. The molecule has 0 aromatic heterocycles. The van der Waals surface area contributed by atoms with E-state index in [0.717, 1.165) is 4.90 Å². The van der Waals surface area contributed by atoms with Crippen molar-refractivity contribution in [3.63, 3.8) is 0 Å². The average Bonchev–Trinajstić information content (AvgIpc) is 2.67. The number of hydrogen-bond donors (Lipinski definition) is 2. The molecule has 0 saturated heterocycles. The maximum Gasteiger partial charge on any atom is 0.292 e. The van der Waals surface area contributed by atoms with Crippen molar-refractivity contribution in [2.24, 2.45) is 0 Å². The lowest BCUT2D eigenvalue weighted by Gasteiger charge is -2.29. The number of benzene rings is 2. The molecule has 0 saturated carbocycles. The minimum absolute atomic E-state index is 0.128. The van der Waals surface area contributed by atoms with Crippen LogP contribution in [0.5, 0.6) is 11.5 Å². The number of ether oxygens (including phenoxy) is 2. The standard InChI is InChI=1S/C19H21N3O5/c1-13(19(23)20-15-7-3-4-8-16(15)22(24)25)21(2)11-14-12-26-17-9-5-6-10-18(17)27-14/h3-10,13-14H,11-12H2,1-2H3,(H,20,23)/p+1/t13-,14-/m1/s1. The Bertz CT molecular complexity index is 842. The van der Waals surface area contributed by atoms with Crippen molar-refractivity contribution in [3.8, 4) is 11.5 Å². The van der Waals surface area contributed by atoms with Gasteiger partial charge in [-0.1, -0.05) is 24.3 Å². The molecule has 2 aromatic rings. The maximum atomic E-state index is 12.5. The number of nitro benzene ring substituents is 1. The van der Waals surface area contributed by atoms with Gasteiger partial charge in [-0.05, 0) is 25.1 Å². The number of quaternary nitrogens is 1. The largest absolute Gasteiger partial charge is 0.486 e. The second-order valence-electron chi connectivity index (χ2n) is 6.53. The van der Waals surface area contributed by atoms with E-state index in [1.165, 1.54) is 12.1 Å². The lowest BCUT2D eigenvalue weighted by atomic mass is 10.2. The van der Waals surface area contributed by atoms with Crippen molar-refractivity contribution in [2.45, 2.75) is 19.1 Å². The Kier molecular flexibility index (Phi) is 5.56. The van der Waals surface area contributed by atoms with Gasteiger partial charge in [0.1, 0.15) is 18.8 Å². The molecule has 3 atom stereocenters. The number of likely N-dealkylation sites (N-methyl/N-ethyl adjacent to an activating group) is 1. The summed E-state index contributed by atoms with van der Waals surface area (Å²) in [6, 6.07) is 13.1. The van der Waals surface area contributed by atoms with Crippen molar-refractivity contribution in [1.82, 2.24) is 0 Å². The number of hydrogen-bond acceptors (Lipinski definition) is 5. The molecule has 1 unspecified atom stereocenters. The number of para-hydroxylation sites is 4. The van der Waals surface area contributed by atoms with Crippen LogP contribution in [0.15, 0.2) is 48.5 Å². The number of carbonyl (C=O) groups is 1. The molecule has 3 rings (SSSR count). The second kappa shape index (κ2) is 8.05. The SMILES string of the molecule is C[C@H](C(=O)Nc1ccccc1[N+](=O)[O-])[NH+](C)C[C@@H]1COc2ccccc2O1. The Labute approximate surface area is 156 Å². The van der Waals surface area contributed by atoms with Gasteiger partial charge in [0.2, 0.25) is 0 Å². The number of amides is 1. The Balaban J connectivity index is 1.60. The van der Waals surface area contributed by atoms with Crippen LogP contribution in [-0.4, -0.2) is 43.2 Å². The molecule has 0 fully saturated rings. The zero-order valence-electron chi connectivity index (χ0n) is 15.2. The summed E-state index contributed by atoms with van der Waals surface area (Å²) in [6.07, 6.45) is -0.179. The van der Waals surface area contributed by atoms with Crippen LogP contribution in [-0.2, 0) is 4.79 Å². The van der Waals surface area contributed by atoms with E-state index in [2.05, 4.69) is 5.32 Å². The zero-order valence-corrected chi connectivity index (χ0v) is 15.2. The molecule has 0 spiro atoms. The predicted molar refractivity (Wildman–Crippen MR) is 99.3 cm³/mol. The van der Waals surface area contributed by atoms with Crippen molar-refractivity contribution >= 4 is 17.3 Å². The van der Waals surface area contributed by atoms with Crippen LogP contribution in [0, 0.1) is 10.1 Å². The first-order valence-electron chi connectivity index (χ1n) is 8.70. The monoisotopic (exact) mass is 372 g/mol. The minimum atomic E-state index is -0.512. The molecule has 8 nitrogen and oxygen atoms in total. The third-order valence-corrected chi connectivity index (χ3v) is 4.61. The normalized spacial score (nSPS) is 17.6. The fourth-order valence-electron chi connectivity index (χ4n) is 2.90. The van der Waals surface area contributed by atoms with Crippen LogP contribution in [0.2, 0.25) is 0 Å². The highest BCUT2D eigenvalue weighted by Gasteiger charge is 2.29. The Morgan fingerprint density at radius 1 is 1.26 bits per heavy atom. The molecule has 0 aliphatic carbocycles. The van der Waals surface area contributed by atoms with Gasteiger partial charge < -0.3 is 19.7 Å². The van der Waals surface area contributed by atoms with Crippen molar-refractivity contribution in [2.75, 3.05) is 25.5 Å². The van der Waals surface area contributed by atoms with Crippen molar-refractivity contribution in [1.29, 1.82) is 0 Å². The van der Waals surface area contributed by atoms with E-state index in [1.54, 1.807) is 19.1 Å². The summed E-state index contributed by atoms with van der Waals surface area (Å²) in [5.74, 6) is 1.12. The third kappa shape index (κ3) is 4.35. The van der Waals surface area contributed by atoms with Gasteiger partial charge >= 0.3 is 0 Å². The minimum Gasteiger partial charge on any atom is -0.486 e. The smallest absolute Gasteiger partial charge is 0.292 e. The van der Waals surface area contributed by atoms with E-state index in [1.807, 2.05) is 31.3 Å². The lowest BCUT2D eigenvalue weighted by molar-refractivity contribution is -0.896. The molecule has 1 heterocycles. The topological polar surface area (TPSA) is 95.1 Å². The van der Waals surface area contributed by atoms with E-state index >= 15 is 0 Å². The lowest BCUT2D eigenvalue weighted by Crippen LogP contribution is -3.15. The van der Waals surface area contributed by atoms with Gasteiger partial charge in [-0.15, -0.1) is 0 Å². The summed E-state index contributed by atoms with van der Waals surface area (Å²) in [6.45, 7) is 2.74. The highest BCUT2D eigenvalue weighted by Crippen LogP contribution is 2.30. The van der Waals surface area contributed by atoms with Gasteiger partial charge in [0, 0.05) is 6.07 Å². The summed E-state index contributed by atoms with van der Waals surface area (Å²) in [5.41, 5.74) is 0.0645. The summed E-state index contributed by atoms with van der Waals surface area (Å²) < 4.78 is 11.6. The van der Waals surface area contributed by atoms with Gasteiger partial charge in [0.25, 0.3) is 11.6 Å². The molecular weight excluding hydrogens is 350 g/mol. The van der Waals surface area contributed by atoms with Gasteiger partial charge in [0.15, 0.2) is 23.6 Å². The Hall–Kier alpha value is -3.13. The Morgan fingerprint density at radius 2 is 1.93 bits per heavy atom. The predicted octanol–water partition coefficient (Wildman–Crippen LogP) is 1.28. The second-order valence-corrected chi connectivity index (χ2v) is 6.53. The number of fused-ring (bicyclic) bond motifs is 1. The van der Waals surface area contributed by atoms with Crippen LogP contribution in [0.4, 0.5) is 11.4 Å². The summed E-state index contributed by atoms with van der Waals surface area (Å²) in [7, 11) is 1.88. The van der Waals surface area contributed by atoms with Crippen LogP contribution in [0.1, 0.15) is 6.92 Å². The quantitative estimate of drug-likeness (QED) is 0.588. The van der Waals surface area contributed by atoms with Crippen molar-refractivity contribution in [3.05, 3.63) is 58.6 Å². The first kappa shape index (κ1) is 18.7. The van der Waals surface area contributed by atoms with Crippen LogP contribution in [0.3, 0.4) is 0 Å². The number of nitrogens with one attached hydrogen (secondary N) is 2. The molecule has 1 amide bonds. The van der Waals surface area contributed by atoms with Gasteiger partial charge in [0.05, 0.1) is 12.0 Å². The molecule has 1 aliphatic heterocycles. The van der Waals surface area contributed by atoms with Crippen LogP contribution >= 0.6 is 0 Å². The summed E-state index contributed by atoms with van der Waals surface area (Å²) >= 11 is 0. The number of anilines is 1. The zero-order chi connectivity index (χ0) is 19.4. The van der Waals surface area contributed by atoms with E-state index in [4.69, 9.17) is 9.47 Å². The number of nitro groups is 1. The highest BCUT2D eigenvalue weighted by molar-refractivity contribution is 5.95. The van der Waals surface area contributed by atoms with Gasteiger partial charge in [-0.2, -0.15) is 0 Å². The first-order chi connectivity index (χ1) is 13.0. The number of rotatable bonds is 6. The molecule has 2 N–H and O–H groups in total. The van der Waals surface area contributed by atoms with E-state index in [9.17, 15) is 14.9 Å². The van der Waals surface area contributed by atoms with Gasteiger partial charge in [-0.25, -0.2) is 0 Å². The fraction of sp³-hybridized carbons (Fsp3) is 0.316. The van der Waals surface area contributed by atoms with E-state index in [0.29, 0.717) is 24.7 Å². The molecule has 142 valence electrons. The number of nitrogens with zero attached hydrogens (tertiary/aromatic N) is 1. The first-order valence-corrected chi connectivity index (χ1v) is 8.70. The van der Waals surface area contributed by atoms with Crippen LogP contribution in [0.25, 0.3) is 0 Å². The molecule has 0 bridgehead atoms. The average molecular weight is 372 g/mol. The fourth-order valence-corrected chi connectivity index (χ4v) is 2.90. The highest BCUT2D eigenvalue weighted by atomic mass is 16.6. The van der Waals surface area contributed by atoms with E-state index in [-0.39, 0.29) is 23.4 Å². The molecule has 0 radical (unpaired) electrons. The summed E-state index contributed by atoms with van der Waals surface area (Å²) in [5, 5.41) is 13.7. The van der Waals surface area contributed by atoms with Crippen molar-refractivity contribution < 1.29 is 24.1 Å². The summed E-state index contributed by atoms with van der Waals surface area (Å²) in [4.78, 5) is 24.0. The third-order valence-electron chi connectivity index (χ3n) is 4.61. The van der Waals surface area contributed by atoms with E-state index < -0.39 is 11.0 Å². The molecule has 8 heteroatoms. The molecular formula is C19H22N3O5+. The van der Waals surface area contributed by atoms with Gasteiger partial charge in [-0.3, -0.25) is 14.9 Å². The maximum absolute atomic E-state index is 12.5. The molecule has 1 aliphatic rings.